The van der Waals surface area contributed by atoms with E-state index >= 15 is 0 Å². The van der Waals surface area contributed by atoms with Crippen molar-refractivity contribution in [2.75, 3.05) is 14.2 Å². The van der Waals surface area contributed by atoms with E-state index in [4.69, 9.17) is 9.47 Å². The van der Waals surface area contributed by atoms with Gasteiger partial charge in [0.15, 0.2) is 5.78 Å². The van der Waals surface area contributed by atoms with Crippen LogP contribution in [-0.4, -0.2) is 31.9 Å². The number of esters is 2. The Labute approximate surface area is 136 Å². The Hall–Kier alpha value is -1.91. The SMILES string of the molecule is COC(=O)C1=C(C(=O)OC)[C@]2(C)C(C)=C(C)[C@]1(C)C(=O)C2(C)C. The van der Waals surface area contributed by atoms with Gasteiger partial charge in [-0.1, -0.05) is 31.9 Å². The first-order chi connectivity index (χ1) is 10.4. The number of ketones is 1. The summed E-state index contributed by atoms with van der Waals surface area (Å²) < 4.78 is 9.85. The molecule has 0 unspecified atom stereocenters. The van der Waals surface area contributed by atoms with Crippen LogP contribution in [0, 0.1) is 16.2 Å². The van der Waals surface area contributed by atoms with Crippen molar-refractivity contribution in [3.63, 3.8) is 0 Å². The van der Waals surface area contributed by atoms with Gasteiger partial charge in [0.1, 0.15) is 0 Å². The van der Waals surface area contributed by atoms with Crippen LogP contribution in [0.4, 0.5) is 0 Å². The summed E-state index contributed by atoms with van der Waals surface area (Å²) >= 11 is 0. The van der Waals surface area contributed by atoms with Crippen molar-refractivity contribution in [2.45, 2.75) is 41.5 Å². The number of methoxy groups -OCH3 is 2. The fourth-order valence-corrected chi connectivity index (χ4v) is 4.36. The van der Waals surface area contributed by atoms with E-state index in [-0.39, 0.29) is 16.9 Å². The van der Waals surface area contributed by atoms with Gasteiger partial charge in [0.05, 0.1) is 30.8 Å². The standard InChI is InChI=1S/C18H24O5/c1-9-10(2)18(6)12(14(20)23-8)11(13(19)22-7)17(9,5)15(21)16(18,3)4/h1-8H3/t17-,18-/m0/s1. The highest BCUT2D eigenvalue weighted by atomic mass is 16.5. The topological polar surface area (TPSA) is 69.7 Å². The Kier molecular flexibility index (Phi) is 3.63. The average molecular weight is 320 g/mol. The van der Waals surface area contributed by atoms with Crippen molar-refractivity contribution < 1.29 is 23.9 Å². The predicted molar refractivity (Wildman–Crippen MR) is 84.4 cm³/mol. The van der Waals surface area contributed by atoms with Gasteiger partial charge in [0.25, 0.3) is 0 Å². The van der Waals surface area contributed by atoms with E-state index in [0.29, 0.717) is 0 Å². The van der Waals surface area contributed by atoms with Gasteiger partial charge < -0.3 is 9.47 Å². The highest BCUT2D eigenvalue weighted by Gasteiger charge is 2.68. The minimum Gasteiger partial charge on any atom is -0.466 e. The van der Waals surface area contributed by atoms with Crippen LogP contribution in [0.1, 0.15) is 41.5 Å². The summed E-state index contributed by atoms with van der Waals surface area (Å²) in [4.78, 5) is 38.3. The first kappa shape index (κ1) is 17.4. The Balaban J connectivity index is 3.05. The van der Waals surface area contributed by atoms with E-state index in [1.807, 2.05) is 34.6 Å². The van der Waals surface area contributed by atoms with Gasteiger partial charge in [-0.05, 0) is 20.8 Å². The molecule has 2 bridgehead atoms. The van der Waals surface area contributed by atoms with Gasteiger partial charge in [-0.25, -0.2) is 9.59 Å². The van der Waals surface area contributed by atoms with Crippen molar-refractivity contribution >= 4 is 17.7 Å². The zero-order valence-corrected chi connectivity index (χ0v) is 15.0. The number of carbonyl (C=O) groups is 3. The summed E-state index contributed by atoms with van der Waals surface area (Å²) in [7, 11) is 2.53. The van der Waals surface area contributed by atoms with Crippen molar-refractivity contribution in [1.82, 2.24) is 0 Å². The minimum atomic E-state index is -1.18. The molecule has 5 heteroatoms. The van der Waals surface area contributed by atoms with E-state index in [1.54, 1.807) is 6.92 Å². The van der Waals surface area contributed by atoms with E-state index in [0.717, 1.165) is 11.1 Å². The number of allylic oxidation sites excluding steroid dienone is 2. The summed E-state index contributed by atoms with van der Waals surface area (Å²) in [5.41, 5.74) is -0.851. The Morgan fingerprint density at radius 1 is 0.826 bits per heavy atom. The molecule has 0 saturated heterocycles. The lowest BCUT2D eigenvalue weighted by molar-refractivity contribution is -0.151. The molecule has 126 valence electrons. The third-order valence-corrected chi connectivity index (χ3v) is 6.36. The molecule has 0 aromatic heterocycles. The Bertz CT molecular complexity index is 694. The number of rotatable bonds is 2. The predicted octanol–water partition coefficient (Wildman–Crippen LogP) is 2.60. The summed E-state index contributed by atoms with van der Waals surface area (Å²) in [5.74, 6) is -1.33. The number of hydrogen-bond acceptors (Lipinski definition) is 5. The molecule has 3 aliphatic rings. The van der Waals surface area contributed by atoms with Crippen molar-refractivity contribution in [1.29, 1.82) is 0 Å². The molecule has 2 atom stereocenters. The highest BCUT2D eigenvalue weighted by molar-refractivity contribution is 6.15. The van der Waals surface area contributed by atoms with Gasteiger partial charge >= 0.3 is 11.9 Å². The second kappa shape index (κ2) is 4.79. The van der Waals surface area contributed by atoms with E-state index < -0.39 is 28.2 Å². The van der Waals surface area contributed by atoms with Crippen LogP contribution < -0.4 is 0 Å². The van der Waals surface area contributed by atoms with Crippen molar-refractivity contribution in [2.24, 2.45) is 16.2 Å². The second-order valence-corrected chi connectivity index (χ2v) is 7.19. The molecule has 3 rings (SSSR count). The van der Waals surface area contributed by atoms with E-state index in [2.05, 4.69) is 0 Å². The molecule has 0 aromatic rings. The van der Waals surface area contributed by atoms with Gasteiger partial charge in [-0.3, -0.25) is 4.79 Å². The van der Waals surface area contributed by atoms with Crippen LogP contribution in [0.2, 0.25) is 0 Å². The summed E-state index contributed by atoms with van der Waals surface area (Å²) in [6.45, 7) is 10.9. The highest BCUT2D eigenvalue weighted by Crippen LogP contribution is 2.67. The van der Waals surface area contributed by atoms with Crippen molar-refractivity contribution in [3.05, 3.63) is 22.3 Å². The molecule has 0 amide bonds. The van der Waals surface area contributed by atoms with Gasteiger partial charge in [-0.2, -0.15) is 0 Å². The van der Waals surface area contributed by atoms with Crippen LogP contribution >= 0.6 is 0 Å². The van der Waals surface area contributed by atoms with Crippen LogP contribution in [0.25, 0.3) is 0 Å². The molecule has 0 N–H and O–H groups in total. The fraction of sp³-hybridized carbons (Fsp3) is 0.611. The van der Waals surface area contributed by atoms with Gasteiger partial charge in [-0.15, -0.1) is 0 Å². The number of fused-ring (bicyclic) bond motifs is 1. The molecular formula is C18H24O5. The lowest BCUT2D eigenvalue weighted by Gasteiger charge is -2.59. The molecule has 0 radical (unpaired) electrons. The maximum atomic E-state index is 13.3. The van der Waals surface area contributed by atoms with E-state index in [9.17, 15) is 14.4 Å². The zero-order valence-electron chi connectivity index (χ0n) is 15.0. The zero-order chi connectivity index (χ0) is 18.0. The molecule has 0 heterocycles. The summed E-state index contributed by atoms with van der Waals surface area (Å²) in [5, 5.41) is 0. The third kappa shape index (κ3) is 1.65. The third-order valence-electron chi connectivity index (χ3n) is 6.36. The smallest absolute Gasteiger partial charge is 0.335 e. The number of ether oxygens (including phenoxy) is 2. The van der Waals surface area contributed by atoms with Crippen molar-refractivity contribution in [3.8, 4) is 0 Å². The maximum Gasteiger partial charge on any atom is 0.335 e. The largest absolute Gasteiger partial charge is 0.466 e. The monoisotopic (exact) mass is 320 g/mol. The van der Waals surface area contributed by atoms with Crippen LogP contribution in [0.3, 0.4) is 0 Å². The molecular weight excluding hydrogens is 296 g/mol. The lowest BCUT2D eigenvalue weighted by atomic mass is 9.41. The number of carbonyl (C=O) groups excluding carboxylic acids is 3. The molecule has 23 heavy (non-hydrogen) atoms. The number of Topliss-reactive ketones (excluding diaryl/α,β-unsaturated/α-hetero) is 1. The molecule has 0 aromatic carbocycles. The number of hydrogen-bond donors (Lipinski definition) is 0. The minimum absolute atomic E-state index is 0.0800. The molecule has 0 saturated carbocycles. The summed E-state index contributed by atoms with van der Waals surface area (Å²) in [6, 6.07) is 0. The first-order valence-electron chi connectivity index (χ1n) is 7.59. The normalized spacial score (nSPS) is 32.3. The average Bonchev–Trinajstić information content (AvgIpc) is 2.52. The van der Waals surface area contributed by atoms with E-state index in [1.165, 1.54) is 14.2 Å². The molecule has 0 fully saturated rings. The van der Waals surface area contributed by atoms with Gasteiger partial charge in [0.2, 0.25) is 0 Å². The van der Waals surface area contributed by atoms with Crippen LogP contribution in [0.5, 0.6) is 0 Å². The summed E-state index contributed by atoms with van der Waals surface area (Å²) in [6.07, 6.45) is 0. The molecule has 3 aliphatic carbocycles. The molecule has 0 spiro atoms. The second-order valence-electron chi connectivity index (χ2n) is 7.19. The first-order valence-corrected chi connectivity index (χ1v) is 7.59. The van der Waals surface area contributed by atoms with Crippen LogP contribution in [0.15, 0.2) is 22.3 Å². The fourth-order valence-electron chi connectivity index (χ4n) is 4.36. The Morgan fingerprint density at radius 3 is 1.70 bits per heavy atom. The quantitative estimate of drug-likeness (QED) is 0.578. The van der Waals surface area contributed by atoms with Crippen LogP contribution in [-0.2, 0) is 23.9 Å². The van der Waals surface area contributed by atoms with Gasteiger partial charge in [0, 0.05) is 10.8 Å². The lowest BCUT2D eigenvalue weighted by Crippen LogP contribution is -2.62. The Morgan fingerprint density at radius 2 is 1.26 bits per heavy atom. The maximum absolute atomic E-state index is 13.3. The molecule has 5 nitrogen and oxygen atoms in total. The molecule has 0 aliphatic heterocycles.